The third-order valence-electron chi connectivity index (χ3n) is 2.49. The quantitative estimate of drug-likeness (QED) is 0.710. The molecule has 0 aliphatic carbocycles. The first-order chi connectivity index (χ1) is 9.22. The average Bonchev–Trinajstić information content (AvgIpc) is 2.39. The van der Waals surface area contributed by atoms with Crippen molar-refractivity contribution in [3.05, 3.63) is 22.7 Å². The Labute approximate surface area is 119 Å². The number of rotatable bonds is 9. The van der Waals surface area contributed by atoms with Gasteiger partial charge < -0.3 is 19.9 Å². The Morgan fingerprint density at radius 3 is 2.26 bits per heavy atom. The zero-order valence-electron chi connectivity index (χ0n) is 11.6. The van der Waals surface area contributed by atoms with E-state index in [-0.39, 0.29) is 0 Å². The Kier molecular flexibility index (Phi) is 7.63. The topological polar surface area (TPSA) is 53.7 Å². The van der Waals surface area contributed by atoms with E-state index in [9.17, 15) is 0 Å². The van der Waals surface area contributed by atoms with Gasteiger partial charge in [-0.15, -0.1) is 0 Å². The zero-order valence-corrected chi connectivity index (χ0v) is 12.3. The van der Waals surface area contributed by atoms with Crippen LogP contribution in [0.15, 0.2) is 12.1 Å². The van der Waals surface area contributed by atoms with Gasteiger partial charge in [0.1, 0.15) is 0 Å². The van der Waals surface area contributed by atoms with Gasteiger partial charge in [-0.2, -0.15) is 0 Å². The van der Waals surface area contributed by atoms with Crippen LogP contribution in [0.2, 0.25) is 5.02 Å². The predicted octanol–water partition coefficient (Wildman–Crippen LogP) is 2.66. The maximum Gasteiger partial charge on any atom is 0.162 e. The van der Waals surface area contributed by atoms with Gasteiger partial charge in [0.25, 0.3) is 0 Å². The Morgan fingerprint density at radius 1 is 1.05 bits per heavy atom. The molecule has 108 valence electrons. The molecule has 0 aliphatic rings. The van der Waals surface area contributed by atoms with Gasteiger partial charge in [0.15, 0.2) is 11.5 Å². The average molecular weight is 288 g/mol. The number of hydrogen-bond donors (Lipinski definition) is 1. The fraction of sp³-hybridized carbons (Fsp3) is 0.571. The summed E-state index contributed by atoms with van der Waals surface area (Å²) in [5, 5.41) is 0.670. The summed E-state index contributed by atoms with van der Waals surface area (Å²) in [6.45, 7) is 6.72. The Balaban J connectivity index is 2.77. The lowest BCUT2D eigenvalue weighted by Gasteiger charge is -2.14. The predicted molar refractivity (Wildman–Crippen MR) is 77.4 cm³/mol. The van der Waals surface area contributed by atoms with E-state index in [0.717, 1.165) is 17.7 Å². The minimum atomic E-state index is 0.529. The number of nitrogens with two attached hydrogens (primary N) is 1. The van der Waals surface area contributed by atoms with Crippen molar-refractivity contribution in [2.75, 3.05) is 33.0 Å². The Bertz CT molecular complexity index is 385. The summed E-state index contributed by atoms with van der Waals surface area (Å²) in [5.74, 6) is 1.41. The summed E-state index contributed by atoms with van der Waals surface area (Å²) in [6, 6.07) is 3.72. The van der Waals surface area contributed by atoms with Crippen LogP contribution in [0.5, 0.6) is 11.5 Å². The highest BCUT2D eigenvalue weighted by atomic mass is 35.5. The maximum absolute atomic E-state index is 6.23. The second-order valence-corrected chi connectivity index (χ2v) is 4.31. The molecule has 0 heterocycles. The molecule has 0 radical (unpaired) electrons. The highest BCUT2D eigenvalue weighted by Crippen LogP contribution is 2.33. The van der Waals surface area contributed by atoms with E-state index in [0.29, 0.717) is 43.7 Å². The van der Waals surface area contributed by atoms with E-state index < -0.39 is 0 Å². The first-order valence-corrected chi connectivity index (χ1v) is 6.96. The highest BCUT2D eigenvalue weighted by Gasteiger charge is 2.10. The number of halogens is 1. The molecule has 4 nitrogen and oxygen atoms in total. The normalized spacial score (nSPS) is 10.5. The molecule has 0 bridgehead atoms. The second-order valence-electron chi connectivity index (χ2n) is 3.91. The molecule has 0 aromatic heterocycles. The third-order valence-corrected chi connectivity index (χ3v) is 2.84. The Morgan fingerprint density at radius 2 is 1.68 bits per heavy atom. The van der Waals surface area contributed by atoms with E-state index in [2.05, 4.69) is 0 Å². The molecule has 0 fully saturated rings. The fourth-order valence-corrected chi connectivity index (χ4v) is 1.92. The molecule has 0 saturated heterocycles. The molecular formula is C14H22ClNO3. The van der Waals surface area contributed by atoms with E-state index in [1.165, 1.54) is 0 Å². The molecule has 0 unspecified atom stereocenters. The van der Waals surface area contributed by atoms with Gasteiger partial charge in [-0.25, -0.2) is 0 Å². The smallest absolute Gasteiger partial charge is 0.162 e. The SMILES string of the molecule is CCOc1cc(Cl)c(CCOCCN)cc1OCC. The van der Waals surface area contributed by atoms with Gasteiger partial charge in [-0.05, 0) is 31.9 Å². The lowest BCUT2D eigenvalue weighted by Crippen LogP contribution is -2.10. The molecule has 0 aliphatic heterocycles. The summed E-state index contributed by atoms with van der Waals surface area (Å²) >= 11 is 6.23. The summed E-state index contributed by atoms with van der Waals surface area (Å²) in [6.07, 6.45) is 0.727. The summed E-state index contributed by atoms with van der Waals surface area (Å²) < 4.78 is 16.4. The summed E-state index contributed by atoms with van der Waals surface area (Å²) in [5.41, 5.74) is 6.36. The molecule has 0 atom stereocenters. The molecule has 1 rings (SSSR count). The molecule has 0 saturated carbocycles. The van der Waals surface area contributed by atoms with Crippen LogP contribution in [0.25, 0.3) is 0 Å². The maximum atomic E-state index is 6.23. The van der Waals surface area contributed by atoms with E-state index in [1.807, 2.05) is 19.9 Å². The lowest BCUT2D eigenvalue weighted by molar-refractivity contribution is 0.144. The van der Waals surface area contributed by atoms with Crippen molar-refractivity contribution in [2.45, 2.75) is 20.3 Å². The molecule has 5 heteroatoms. The van der Waals surface area contributed by atoms with Crippen molar-refractivity contribution < 1.29 is 14.2 Å². The summed E-state index contributed by atoms with van der Waals surface area (Å²) in [4.78, 5) is 0. The Hall–Kier alpha value is -0.970. The van der Waals surface area contributed by atoms with Gasteiger partial charge in [0.05, 0.1) is 26.4 Å². The van der Waals surface area contributed by atoms with Crippen LogP contribution in [0.4, 0.5) is 0 Å². The molecule has 1 aromatic carbocycles. The van der Waals surface area contributed by atoms with Crippen molar-refractivity contribution in [3.8, 4) is 11.5 Å². The van der Waals surface area contributed by atoms with Crippen molar-refractivity contribution in [2.24, 2.45) is 5.73 Å². The first kappa shape index (κ1) is 16.1. The van der Waals surface area contributed by atoms with Gasteiger partial charge in [-0.3, -0.25) is 0 Å². The monoisotopic (exact) mass is 287 g/mol. The van der Waals surface area contributed by atoms with E-state index in [1.54, 1.807) is 6.07 Å². The van der Waals surface area contributed by atoms with Crippen LogP contribution in [-0.2, 0) is 11.2 Å². The van der Waals surface area contributed by atoms with Crippen molar-refractivity contribution in [1.29, 1.82) is 0 Å². The molecule has 19 heavy (non-hydrogen) atoms. The molecule has 1 aromatic rings. The van der Waals surface area contributed by atoms with Gasteiger partial charge in [0.2, 0.25) is 0 Å². The van der Waals surface area contributed by atoms with Crippen molar-refractivity contribution in [1.82, 2.24) is 0 Å². The van der Waals surface area contributed by atoms with Crippen LogP contribution in [0.3, 0.4) is 0 Å². The minimum absolute atomic E-state index is 0.529. The number of hydrogen-bond acceptors (Lipinski definition) is 4. The largest absolute Gasteiger partial charge is 0.490 e. The molecule has 0 spiro atoms. The highest BCUT2D eigenvalue weighted by molar-refractivity contribution is 6.31. The summed E-state index contributed by atoms with van der Waals surface area (Å²) in [7, 11) is 0. The van der Waals surface area contributed by atoms with Crippen LogP contribution in [0, 0.1) is 0 Å². The lowest BCUT2D eigenvalue weighted by atomic mass is 10.1. The fourth-order valence-electron chi connectivity index (χ4n) is 1.67. The zero-order chi connectivity index (χ0) is 14.1. The minimum Gasteiger partial charge on any atom is -0.490 e. The standard InChI is InChI=1S/C14H22ClNO3/c1-3-18-13-9-11(5-7-17-8-6-16)12(15)10-14(13)19-4-2/h9-10H,3-8,16H2,1-2H3. The second kappa shape index (κ2) is 9.02. The number of benzene rings is 1. The first-order valence-electron chi connectivity index (χ1n) is 6.58. The van der Waals surface area contributed by atoms with Crippen molar-refractivity contribution in [3.63, 3.8) is 0 Å². The molecular weight excluding hydrogens is 266 g/mol. The van der Waals surface area contributed by atoms with Gasteiger partial charge in [-0.1, -0.05) is 11.6 Å². The van der Waals surface area contributed by atoms with Crippen LogP contribution in [-0.4, -0.2) is 33.0 Å². The van der Waals surface area contributed by atoms with Gasteiger partial charge in [0, 0.05) is 17.6 Å². The van der Waals surface area contributed by atoms with Crippen LogP contribution in [0.1, 0.15) is 19.4 Å². The van der Waals surface area contributed by atoms with Gasteiger partial charge >= 0.3 is 0 Å². The van der Waals surface area contributed by atoms with Crippen molar-refractivity contribution >= 4 is 11.6 Å². The third kappa shape index (κ3) is 5.27. The van der Waals surface area contributed by atoms with E-state index >= 15 is 0 Å². The molecule has 2 N–H and O–H groups in total. The van der Waals surface area contributed by atoms with E-state index in [4.69, 9.17) is 31.5 Å². The molecule has 0 amide bonds. The van der Waals surface area contributed by atoms with Crippen LogP contribution < -0.4 is 15.2 Å². The number of ether oxygens (including phenoxy) is 3. The van der Waals surface area contributed by atoms with Crippen LogP contribution >= 0.6 is 11.6 Å².